The molecule has 2 amide bonds. The molecule has 1 heterocycles. The molecule has 2 rings (SSSR count). The lowest BCUT2D eigenvalue weighted by Crippen LogP contribution is -2.33. The molecule has 0 aliphatic rings. The van der Waals surface area contributed by atoms with Crippen molar-refractivity contribution in [1.29, 1.82) is 0 Å². The van der Waals surface area contributed by atoms with E-state index < -0.39 is 5.97 Å². The number of rotatable bonds is 7. The molecular weight excluding hydrogens is 376 g/mol. The Balaban J connectivity index is 1.82. The topological polar surface area (TPSA) is 87.5 Å². The van der Waals surface area contributed by atoms with Crippen LogP contribution in [0.3, 0.4) is 0 Å². The maximum absolute atomic E-state index is 11.9. The average molecular weight is 395 g/mol. The number of anilines is 1. The number of amides is 2. The van der Waals surface area contributed by atoms with Crippen LogP contribution in [0.15, 0.2) is 41.1 Å². The second kappa shape index (κ2) is 8.49. The van der Waals surface area contributed by atoms with Gasteiger partial charge in [-0.25, -0.2) is 4.79 Å². The second-order valence-corrected chi connectivity index (χ2v) is 6.28. The summed E-state index contributed by atoms with van der Waals surface area (Å²) in [6.45, 7) is 0.938. The van der Waals surface area contributed by atoms with Gasteiger partial charge in [0.1, 0.15) is 0 Å². The first-order valence-electron chi connectivity index (χ1n) is 7.45. The van der Waals surface area contributed by atoms with Crippen molar-refractivity contribution in [2.24, 2.45) is 0 Å². The molecule has 1 aromatic carbocycles. The first kappa shape index (κ1) is 18.0. The highest BCUT2D eigenvalue weighted by molar-refractivity contribution is 9.10. The van der Waals surface area contributed by atoms with Gasteiger partial charge < -0.3 is 15.3 Å². The average Bonchev–Trinajstić information content (AvgIpc) is 2.97. The lowest BCUT2D eigenvalue weighted by atomic mass is 10.1. The molecule has 8 heteroatoms. The smallest absolute Gasteiger partial charge is 0.321 e. The van der Waals surface area contributed by atoms with Crippen LogP contribution in [0.5, 0.6) is 0 Å². The van der Waals surface area contributed by atoms with Crippen LogP contribution in [0.1, 0.15) is 12.0 Å². The number of aliphatic carboxylic acids is 1. The lowest BCUT2D eigenvalue weighted by molar-refractivity contribution is -0.137. The zero-order chi connectivity index (χ0) is 17.5. The number of aromatic nitrogens is 2. The first-order valence-corrected chi connectivity index (χ1v) is 8.24. The standard InChI is InChI=1S/C16H19BrN4O3/c1-20(8-7-15(22)23)16(24)19-14-4-2-12(3-5-14)6-9-21-11-13(17)10-18-21/h2-5,10-11H,6-9H2,1H3,(H,19,24)(H,22,23). The number of hydrogen-bond acceptors (Lipinski definition) is 3. The number of carboxylic acids is 1. The Labute approximate surface area is 148 Å². The van der Waals surface area contributed by atoms with E-state index in [-0.39, 0.29) is 19.0 Å². The van der Waals surface area contributed by atoms with Crippen LogP contribution in [-0.2, 0) is 17.8 Å². The van der Waals surface area contributed by atoms with E-state index in [4.69, 9.17) is 5.11 Å². The van der Waals surface area contributed by atoms with Gasteiger partial charge in [0.2, 0.25) is 0 Å². The summed E-state index contributed by atoms with van der Waals surface area (Å²) in [5.41, 5.74) is 1.81. The van der Waals surface area contributed by atoms with Crippen LogP contribution >= 0.6 is 15.9 Å². The van der Waals surface area contributed by atoms with Gasteiger partial charge in [0, 0.05) is 32.0 Å². The van der Waals surface area contributed by atoms with Gasteiger partial charge in [-0.2, -0.15) is 5.10 Å². The molecule has 0 aliphatic carbocycles. The number of aryl methyl sites for hydroxylation is 2. The number of halogens is 1. The van der Waals surface area contributed by atoms with Gasteiger partial charge >= 0.3 is 12.0 Å². The van der Waals surface area contributed by atoms with Crippen LogP contribution in [0, 0.1) is 0 Å². The Morgan fingerprint density at radius 2 is 2.04 bits per heavy atom. The number of nitrogens with one attached hydrogen (secondary N) is 1. The number of carboxylic acid groups (broad SMARTS) is 1. The van der Waals surface area contributed by atoms with Crippen molar-refractivity contribution < 1.29 is 14.7 Å². The summed E-state index contributed by atoms with van der Waals surface area (Å²) in [4.78, 5) is 23.8. The van der Waals surface area contributed by atoms with Gasteiger partial charge in [-0.15, -0.1) is 0 Å². The zero-order valence-corrected chi connectivity index (χ0v) is 14.9. The Morgan fingerprint density at radius 1 is 1.33 bits per heavy atom. The Kier molecular flexibility index (Phi) is 6.36. The molecule has 128 valence electrons. The van der Waals surface area contributed by atoms with Crippen molar-refractivity contribution >= 4 is 33.6 Å². The number of nitrogens with zero attached hydrogens (tertiary/aromatic N) is 3. The van der Waals surface area contributed by atoms with Gasteiger partial charge in [0.25, 0.3) is 0 Å². The number of carbonyl (C=O) groups excluding carboxylic acids is 1. The summed E-state index contributed by atoms with van der Waals surface area (Å²) in [6.07, 6.45) is 4.42. The molecule has 1 aromatic heterocycles. The van der Waals surface area contributed by atoms with Crippen molar-refractivity contribution in [2.45, 2.75) is 19.4 Å². The second-order valence-electron chi connectivity index (χ2n) is 5.36. The Bertz CT molecular complexity index is 700. The summed E-state index contributed by atoms with van der Waals surface area (Å²) < 4.78 is 2.81. The maximum Gasteiger partial charge on any atom is 0.321 e. The van der Waals surface area contributed by atoms with E-state index in [1.54, 1.807) is 13.2 Å². The van der Waals surface area contributed by atoms with E-state index in [2.05, 4.69) is 26.3 Å². The molecule has 24 heavy (non-hydrogen) atoms. The highest BCUT2D eigenvalue weighted by Crippen LogP contribution is 2.12. The molecule has 2 aromatic rings. The Hall–Kier alpha value is -2.35. The van der Waals surface area contributed by atoms with Gasteiger partial charge in [-0.1, -0.05) is 12.1 Å². The van der Waals surface area contributed by atoms with Crippen molar-refractivity contribution in [3.63, 3.8) is 0 Å². The third-order valence-electron chi connectivity index (χ3n) is 3.44. The lowest BCUT2D eigenvalue weighted by Gasteiger charge is -2.17. The fourth-order valence-corrected chi connectivity index (χ4v) is 2.37. The van der Waals surface area contributed by atoms with E-state index in [0.717, 1.165) is 23.0 Å². The molecule has 0 unspecified atom stereocenters. The molecule has 0 spiro atoms. The highest BCUT2D eigenvalue weighted by atomic mass is 79.9. The summed E-state index contributed by atoms with van der Waals surface area (Å²) in [5, 5.41) is 15.6. The molecule has 0 fully saturated rings. The van der Waals surface area contributed by atoms with Gasteiger partial charge in [-0.3, -0.25) is 9.48 Å². The van der Waals surface area contributed by atoms with Crippen LogP contribution in [0.4, 0.5) is 10.5 Å². The van der Waals surface area contributed by atoms with Crippen LogP contribution < -0.4 is 5.32 Å². The number of carbonyl (C=O) groups is 2. The monoisotopic (exact) mass is 394 g/mol. The van der Waals surface area contributed by atoms with Crippen LogP contribution in [0.2, 0.25) is 0 Å². The molecule has 0 radical (unpaired) electrons. The molecule has 2 N–H and O–H groups in total. The molecule has 0 atom stereocenters. The third-order valence-corrected chi connectivity index (χ3v) is 3.85. The summed E-state index contributed by atoms with van der Waals surface area (Å²) in [5.74, 6) is -0.928. The normalized spacial score (nSPS) is 10.4. The van der Waals surface area contributed by atoms with Crippen LogP contribution in [-0.4, -0.2) is 45.4 Å². The van der Waals surface area contributed by atoms with Crippen LogP contribution in [0.25, 0.3) is 0 Å². The minimum atomic E-state index is -0.928. The van der Waals surface area contributed by atoms with E-state index in [0.29, 0.717) is 5.69 Å². The van der Waals surface area contributed by atoms with E-state index >= 15 is 0 Å². The van der Waals surface area contributed by atoms with Gasteiger partial charge in [0.05, 0.1) is 17.1 Å². The fraction of sp³-hybridized carbons (Fsp3) is 0.312. The predicted octanol–water partition coefficient (Wildman–Crippen LogP) is 2.83. The molecule has 0 bridgehead atoms. The number of benzene rings is 1. The zero-order valence-electron chi connectivity index (χ0n) is 13.3. The number of hydrogen-bond donors (Lipinski definition) is 2. The van der Waals surface area contributed by atoms with Crippen molar-refractivity contribution in [3.8, 4) is 0 Å². The minimum Gasteiger partial charge on any atom is -0.481 e. The number of urea groups is 1. The van der Waals surface area contributed by atoms with Crippen molar-refractivity contribution in [3.05, 3.63) is 46.7 Å². The summed E-state index contributed by atoms with van der Waals surface area (Å²) in [7, 11) is 1.56. The maximum atomic E-state index is 11.9. The molecule has 7 nitrogen and oxygen atoms in total. The largest absolute Gasteiger partial charge is 0.481 e. The van der Waals surface area contributed by atoms with Gasteiger partial charge in [-0.05, 0) is 40.0 Å². The third kappa shape index (κ3) is 5.69. The first-order chi connectivity index (χ1) is 11.4. The molecular formula is C16H19BrN4O3. The van der Waals surface area contributed by atoms with E-state index in [1.165, 1.54) is 4.90 Å². The van der Waals surface area contributed by atoms with Crippen molar-refractivity contribution in [2.75, 3.05) is 18.9 Å². The fourth-order valence-electron chi connectivity index (χ4n) is 2.04. The summed E-state index contributed by atoms with van der Waals surface area (Å²) >= 11 is 3.36. The van der Waals surface area contributed by atoms with E-state index in [9.17, 15) is 9.59 Å². The molecule has 0 aliphatic heterocycles. The Morgan fingerprint density at radius 3 is 2.62 bits per heavy atom. The quantitative estimate of drug-likeness (QED) is 0.755. The SMILES string of the molecule is CN(CCC(=O)O)C(=O)Nc1ccc(CCn2cc(Br)cn2)cc1. The van der Waals surface area contributed by atoms with Gasteiger partial charge in [0.15, 0.2) is 0 Å². The molecule has 0 saturated heterocycles. The minimum absolute atomic E-state index is 0.0770. The van der Waals surface area contributed by atoms with E-state index in [1.807, 2.05) is 35.1 Å². The summed E-state index contributed by atoms with van der Waals surface area (Å²) in [6, 6.07) is 7.23. The highest BCUT2D eigenvalue weighted by Gasteiger charge is 2.10. The van der Waals surface area contributed by atoms with Crippen molar-refractivity contribution in [1.82, 2.24) is 14.7 Å². The predicted molar refractivity (Wildman–Crippen MR) is 94.0 cm³/mol. The molecule has 0 saturated carbocycles.